The van der Waals surface area contributed by atoms with Crippen molar-refractivity contribution in [2.24, 2.45) is 0 Å². The largest absolute Gasteiger partial charge is 0.391 e. The summed E-state index contributed by atoms with van der Waals surface area (Å²) in [5.41, 5.74) is 0. The molecule has 5 atom stereocenters. The number of aliphatic hydroxyl groups is 4. The SMILES string of the molecule is CCCCCCCC(=O)OC(=O)[C@H]1O[C@@H](O)[C@H](O)[C@@H](O)[C@@H]1O. The Morgan fingerprint density at radius 3 is 2.23 bits per heavy atom. The lowest BCUT2D eigenvalue weighted by Gasteiger charge is -2.36. The summed E-state index contributed by atoms with van der Waals surface area (Å²) < 4.78 is 9.20. The number of esters is 2. The second kappa shape index (κ2) is 9.16. The van der Waals surface area contributed by atoms with Gasteiger partial charge in [0.25, 0.3) is 0 Å². The number of ether oxygens (including phenoxy) is 2. The third-order valence-corrected chi connectivity index (χ3v) is 3.52. The Kier molecular flexibility index (Phi) is 7.91. The Balaban J connectivity index is 2.39. The monoisotopic (exact) mass is 320 g/mol. The molecule has 0 unspecified atom stereocenters. The summed E-state index contributed by atoms with van der Waals surface area (Å²) in [6, 6.07) is 0. The molecule has 1 fully saturated rings. The van der Waals surface area contributed by atoms with Gasteiger partial charge in [0.2, 0.25) is 0 Å². The normalized spacial score (nSPS) is 31.8. The van der Waals surface area contributed by atoms with Gasteiger partial charge in [-0.1, -0.05) is 32.6 Å². The van der Waals surface area contributed by atoms with Crippen LogP contribution in [-0.4, -0.2) is 63.1 Å². The third-order valence-electron chi connectivity index (χ3n) is 3.52. The molecule has 0 radical (unpaired) electrons. The molecule has 0 aromatic carbocycles. The van der Waals surface area contributed by atoms with Crippen LogP contribution >= 0.6 is 0 Å². The van der Waals surface area contributed by atoms with Crippen LogP contribution in [0.15, 0.2) is 0 Å². The summed E-state index contributed by atoms with van der Waals surface area (Å²) in [4.78, 5) is 23.2. The summed E-state index contributed by atoms with van der Waals surface area (Å²) in [5, 5.41) is 37.7. The Labute approximate surface area is 128 Å². The Morgan fingerprint density at radius 1 is 0.955 bits per heavy atom. The first-order chi connectivity index (χ1) is 10.4. The second-order valence-corrected chi connectivity index (χ2v) is 5.38. The zero-order chi connectivity index (χ0) is 16.7. The van der Waals surface area contributed by atoms with Crippen molar-refractivity contribution in [2.45, 2.75) is 76.2 Å². The van der Waals surface area contributed by atoms with E-state index >= 15 is 0 Å². The van der Waals surface area contributed by atoms with Crippen LogP contribution in [0.4, 0.5) is 0 Å². The van der Waals surface area contributed by atoms with Crippen LogP contribution in [0, 0.1) is 0 Å². The minimum Gasteiger partial charge on any atom is -0.391 e. The molecular formula is C14H24O8. The molecule has 1 saturated heterocycles. The number of aliphatic hydroxyl groups excluding tert-OH is 4. The Morgan fingerprint density at radius 2 is 1.59 bits per heavy atom. The number of unbranched alkanes of at least 4 members (excludes halogenated alkanes) is 4. The molecule has 128 valence electrons. The maximum absolute atomic E-state index is 11.7. The fraction of sp³-hybridized carbons (Fsp3) is 0.857. The van der Waals surface area contributed by atoms with Crippen LogP contribution in [0.2, 0.25) is 0 Å². The Hall–Kier alpha value is -1.06. The fourth-order valence-corrected chi connectivity index (χ4v) is 2.15. The van der Waals surface area contributed by atoms with E-state index in [-0.39, 0.29) is 6.42 Å². The van der Waals surface area contributed by atoms with Gasteiger partial charge in [-0.25, -0.2) is 4.79 Å². The van der Waals surface area contributed by atoms with Crippen LogP contribution in [-0.2, 0) is 19.1 Å². The van der Waals surface area contributed by atoms with E-state index in [0.717, 1.165) is 25.7 Å². The maximum atomic E-state index is 11.7. The lowest BCUT2D eigenvalue weighted by atomic mass is 9.99. The molecule has 1 aliphatic heterocycles. The highest BCUT2D eigenvalue weighted by Gasteiger charge is 2.47. The molecule has 0 aromatic heterocycles. The number of hydrogen-bond acceptors (Lipinski definition) is 8. The van der Waals surface area contributed by atoms with E-state index in [1.165, 1.54) is 0 Å². The molecule has 0 spiro atoms. The van der Waals surface area contributed by atoms with Gasteiger partial charge in [0, 0.05) is 6.42 Å². The lowest BCUT2D eigenvalue weighted by molar-refractivity contribution is -0.280. The summed E-state index contributed by atoms with van der Waals surface area (Å²) in [6.07, 6.45) is -4.22. The summed E-state index contributed by atoms with van der Waals surface area (Å²) in [6.45, 7) is 2.07. The summed E-state index contributed by atoms with van der Waals surface area (Å²) in [7, 11) is 0. The first-order valence-corrected chi connectivity index (χ1v) is 7.50. The van der Waals surface area contributed by atoms with Gasteiger partial charge in [0.1, 0.15) is 18.3 Å². The van der Waals surface area contributed by atoms with Gasteiger partial charge >= 0.3 is 11.9 Å². The first-order valence-electron chi connectivity index (χ1n) is 7.50. The highest BCUT2D eigenvalue weighted by molar-refractivity contribution is 5.88. The van der Waals surface area contributed by atoms with E-state index in [1.54, 1.807) is 0 Å². The maximum Gasteiger partial charge on any atom is 0.345 e. The van der Waals surface area contributed by atoms with Crippen molar-refractivity contribution in [3.05, 3.63) is 0 Å². The van der Waals surface area contributed by atoms with E-state index < -0.39 is 42.6 Å². The summed E-state index contributed by atoms with van der Waals surface area (Å²) >= 11 is 0. The zero-order valence-corrected chi connectivity index (χ0v) is 12.6. The average molecular weight is 320 g/mol. The standard InChI is InChI=1S/C14H24O8/c1-2-3-4-5-6-7-8(15)21-14(20)12-10(17)9(16)11(18)13(19)22-12/h9-13,16-19H,2-7H2,1H3/t9-,10-,11+,12-,13+/m0/s1. The zero-order valence-electron chi connectivity index (χ0n) is 12.6. The van der Waals surface area contributed by atoms with E-state index in [9.17, 15) is 30.0 Å². The smallest absolute Gasteiger partial charge is 0.345 e. The van der Waals surface area contributed by atoms with Crippen molar-refractivity contribution in [1.82, 2.24) is 0 Å². The summed E-state index contributed by atoms with van der Waals surface area (Å²) in [5.74, 6) is -1.96. The van der Waals surface area contributed by atoms with Crippen LogP contribution in [0.3, 0.4) is 0 Å². The highest BCUT2D eigenvalue weighted by Crippen LogP contribution is 2.21. The first kappa shape index (κ1) is 19.0. The number of rotatable bonds is 7. The predicted molar refractivity (Wildman–Crippen MR) is 73.4 cm³/mol. The third kappa shape index (κ3) is 5.29. The van der Waals surface area contributed by atoms with Crippen molar-refractivity contribution in [2.75, 3.05) is 0 Å². The average Bonchev–Trinajstić information content (AvgIpc) is 2.48. The number of carbonyl (C=O) groups excluding carboxylic acids is 2. The lowest BCUT2D eigenvalue weighted by Crippen LogP contribution is -2.60. The van der Waals surface area contributed by atoms with Gasteiger partial charge in [-0.2, -0.15) is 0 Å². The molecule has 22 heavy (non-hydrogen) atoms. The molecule has 0 aromatic rings. The van der Waals surface area contributed by atoms with E-state index in [4.69, 9.17) is 0 Å². The molecule has 0 bridgehead atoms. The quantitative estimate of drug-likeness (QED) is 0.273. The molecule has 0 amide bonds. The molecule has 1 heterocycles. The minimum absolute atomic E-state index is 0.0615. The molecule has 0 aliphatic carbocycles. The minimum atomic E-state index is -1.85. The second-order valence-electron chi connectivity index (χ2n) is 5.38. The van der Waals surface area contributed by atoms with Crippen molar-refractivity contribution in [1.29, 1.82) is 0 Å². The van der Waals surface area contributed by atoms with Crippen molar-refractivity contribution in [3.63, 3.8) is 0 Å². The fourth-order valence-electron chi connectivity index (χ4n) is 2.15. The van der Waals surface area contributed by atoms with Gasteiger partial charge in [-0.15, -0.1) is 0 Å². The van der Waals surface area contributed by atoms with Crippen LogP contribution in [0.1, 0.15) is 45.4 Å². The Bertz CT molecular complexity index is 372. The number of carbonyl (C=O) groups is 2. The predicted octanol–water partition coefficient (Wildman–Crippen LogP) is -0.783. The molecule has 0 saturated carbocycles. The van der Waals surface area contributed by atoms with Gasteiger partial charge < -0.3 is 29.9 Å². The highest BCUT2D eigenvalue weighted by atomic mass is 16.7. The van der Waals surface area contributed by atoms with Crippen LogP contribution in [0.5, 0.6) is 0 Å². The van der Waals surface area contributed by atoms with Crippen molar-refractivity contribution >= 4 is 11.9 Å². The van der Waals surface area contributed by atoms with E-state index in [1.807, 2.05) is 0 Å². The van der Waals surface area contributed by atoms with Crippen LogP contribution in [0.25, 0.3) is 0 Å². The van der Waals surface area contributed by atoms with E-state index in [0.29, 0.717) is 6.42 Å². The molecule has 4 N–H and O–H groups in total. The van der Waals surface area contributed by atoms with Gasteiger partial charge in [0.05, 0.1) is 0 Å². The molecular weight excluding hydrogens is 296 g/mol. The van der Waals surface area contributed by atoms with Gasteiger partial charge in [-0.3, -0.25) is 4.79 Å². The van der Waals surface area contributed by atoms with Crippen molar-refractivity contribution in [3.8, 4) is 0 Å². The number of hydrogen-bond donors (Lipinski definition) is 4. The molecule has 8 nitrogen and oxygen atoms in total. The molecule has 8 heteroatoms. The topological polar surface area (TPSA) is 134 Å². The van der Waals surface area contributed by atoms with Crippen LogP contribution < -0.4 is 0 Å². The van der Waals surface area contributed by atoms with Gasteiger partial charge in [0.15, 0.2) is 12.4 Å². The van der Waals surface area contributed by atoms with Crippen molar-refractivity contribution < 1.29 is 39.5 Å². The molecule has 1 rings (SSSR count). The molecule has 1 aliphatic rings. The van der Waals surface area contributed by atoms with E-state index in [2.05, 4.69) is 16.4 Å². The van der Waals surface area contributed by atoms with Gasteiger partial charge in [-0.05, 0) is 6.42 Å².